The number of pyridine rings is 1. The minimum Gasteiger partial charge on any atom is -0.324 e. The lowest BCUT2D eigenvalue weighted by Crippen LogP contribution is -2.20. The molecule has 0 bridgehead atoms. The number of rotatable bonds is 4. The molecule has 0 aliphatic carbocycles. The molecule has 0 atom stereocenters. The molecule has 9 heteroatoms. The molecule has 2 heterocycles. The van der Waals surface area contributed by atoms with Gasteiger partial charge in [0.2, 0.25) is 5.95 Å². The van der Waals surface area contributed by atoms with Crippen molar-refractivity contribution in [1.82, 2.24) is 14.5 Å². The number of aromatic nitrogens is 3. The second kappa shape index (κ2) is 8.10. The van der Waals surface area contributed by atoms with Crippen LogP contribution in [0.5, 0.6) is 0 Å². The number of benzene rings is 2. The smallest absolute Gasteiger partial charge is 0.259 e. The fourth-order valence-corrected chi connectivity index (χ4v) is 3.97. The normalized spacial score (nSPS) is 11.0. The van der Waals surface area contributed by atoms with E-state index in [1.165, 1.54) is 4.57 Å². The minimum atomic E-state index is -0.251. The van der Waals surface area contributed by atoms with E-state index in [-0.39, 0.29) is 5.56 Å². The zero-order valence-electron chi connectivity index (χ0n) is 15.2. The van der Waals surface area contributed by atoms with E-state index < -0.39 is 0 Å². The molecule has 4 rings (SSSR count). The van der Waals surface area contributed by atoms with Gasteiger partial charge in [0, 0.05) is 29.9 Å². The number of aryl methyl sites for hydroxylation is 1. The van der Waals surface area contributed by atoms with Gasteiger partial charge in [-0.3, -0.25) is 9.36 Å². The second-order valence-electron chi connectivity index (χ2n) is 6.26. The molecule has 4 aromatic rings. The van der Waals surface area contributed by atoms with Crippen molar-refractivity contribution in [3.63, 3.8) is 0 Å². The van der Waals surface area contributed by atoms with Gasteiger partial charge in [0.25, 0.3) is 5.56 Å². The van der Waals surface area contributed by atoms with Crippen molar-refractivity contribution in [2.24, 2.45) is 7.05 Å². The van der Waals surface area contributed by atoms with Gasteiger partial charge in [-0.05, 0) is 41.3 Å². The van der Waals surface area contributed by atoms with Gasteiger partial charge in [-0.25, -0.2) is 4.98 Å². The Bertz CT molecular complexity index is 1280. The van der Waals surface area contributed by atoms with Crippen LogP contribution in [-0.4, -0.2) is 21.7 Å². The molecule has 5 nitrogen and oxygen atoms in total. The van der Waals surface area contributed by atoms with Crippen molar-refractivity contribution in [3.05, 3.63) is 75.1 Å². The predicted molar refractivity (Wildman–Crippen MR) is 122 cm³/mol. The Balaban J connectivity index is 1.81. The summed E-state index contributed by atoms with van der Waals surface area (Å²) in [6.07, 6.45) is 1.65. The first-order valence-electron chi connectivity index (χ1n) is 8.53. The maximum atomic E-state index is 13.0. The Hall–Kier alpha value is -2.48. The maximum absolute atomic E-state index is 13.0. The lowest BCUT2D eigenvalue weighted by atomic mass is 10.1. The number of fused-ring (bicyclic) bond motifs is 1. The Morgan fingerprint density at radius 2 is 1.83 bits per heavy atom. The van der Waals surface area contributed by atoms with Crippen LogP contribution in [0.3, 0.4) is 0 Å². The molecule has 142 valence electrons. The fourth-order valence-electron chi connectivity index (χ4n) is 3.02. The highest BCUT2D eigenvalue weighted by Crippen LogP contribution is 2.33. The largest absolute Gasteiger partial charge is 0.324 e. The molecule has 2 aromatic heterocycles. The average Bonchev–Trinajstić information content (AvgIpc) is 2.72. The highest BCUT2D eigenvalue weighted by Gasteiger charge is 2.16. The third kappa shape index (κ3) is 3.86. The standard InChI is InChI=1S/C20H13BCl2N4OS/c1-27-18-11(8-14(19(27)28)17-15(22)6-3-7-16(17)23)10-24-20(26-18)25-12-4-2-5-13(9-12)29-21/h2-10H,1H3,(H,24,25,26). The van der Waals surface area contributed by atoms with E-state index in [1.807, 2.05) is 24.3 Å². The monoisotopic (exact) mass is 438 g/mol. The third-order valence-corrected chi connectivity index (χ3v) is 5.56. The molecule has 0 saturated carbocycles. The summed E-state index contributed by atoms with van der Waals surface area (Å²) in [7, 11) is 7.26. The molecular formula is C20H13BCl2N4OS. The Morgan fingerprint density at radius 3 is 2.55 bits per heavy atom. The van der Waals surface area contributed by atoms with Gasteiger partial charge in [0.15, 0.2) is 7.12 Å². The molecule has 1 N–H and O–H groups in total. The summed E-state index contributed by atoms with van der Waals surface area (Å²) in [5.74, 6) is 0.371. The van der Waals surface area contributed by atoms with Crippen molar-refractivity contribution in [3.8, 4) is 11.1 Å². The number of halogens is 2. The molecule has 0 aliphatic rings. The first kappa shape index (κ1) is 19.8. The lowest BCUT2D eigenvalue weighted by molar-refractivity contribution is 0.887. The average molecular weight is 439 g/mol. The second-order valence-corrected chi connectivity index (χ2v) is 7.78. The van der Waals surface area contributed by atoms with E-state index >= 15 is 0 Å². The lowest BCUT2D eigenvalue weighted by Gasteiger charge is -2.12. The molecule has 2 radical (unpaired) electrons. The van der Waals surface area contributed by atoms with Gasteiger partial charge in [-0.2, -0.15) is 16.6 Å². The van der Waals surface area contributed by atoms with Gasteiger partial charge >= 0.3 is 0 Å². The first-order chi connectivity index (χ1) is 14.0. The fraction of sp³-hybridized carbons (Fsp3) is 0.0500. The van der Waals surface area contributed by atoms with Gasteiger partial charge < -0.3 is 5.32 Å². The summed E-state index contributed by atoms with van der Waals surface area (Å²) in [5, 5.41) is 4.64. The van der Waals surface area contributed by atoms with E-state index in [1.54, 1.807) is 37.5 Å². The summed E-state index contributed by atoms with van der Waals surface area (Å²) < 4.78 is 1.46. The molecule has 29 heavy (non-hydrogen) atoms. The van der Waals surface area contributed by atoms with Crippen LogP contribution in [0.4, 0.5) is 11.6 Å². The van der Waals surface area contributed by atoms with E-state index in [4.69, 9.17) is 30.3 Å². The van der Waals surface area contributed by atoms with Crippen molar-refractivity contribution >= 4 is 64.6 Å². The number of nitrogens with zero attached hydrogens (tertiary/aromatic N) is 3. The number of nitrogens with one attached hydrogen (secondary N) is 1. The summed E-state index contributed by atoms with van der Waals surface area (Å²) >= 11 is 13.7. The zero-order valence-corrected chi connectivity index (χ0v) is 17.5. The highest BCUT2D eigenvalue weighted by atomic mass is 35.5. The van der Waals surface area contributed by atoms with E-state index in [9.17, 15) is 4.79 Å². The molecule has 0 amide bonds. The van der Waals surface area contributed by atoms with E-state index in [0.29, 0.717) is 38.2 Å². The van der Waals surface area contributed by atoms with Crippen molar-refractivity contribution in [1.29, 1.82) is 0 Å². The predicted octanol–water partition coefficient (Wildman–Crippen LogP) is 5.22. The van der Waals surface area contributed by atoms with Crippen LogP contribution in [0.15, 0.2) is 64.4 Å². The highest BCUT2D eigenvalue weighted by molar-refractivity contribution is 8.19. The summed E-state index contributed by atoms with van der Waals surface area (Å²) in [4.78, 5) is 22.8. The van der Waals surface area contributed by atoms with Crippen LogP contribution >= 0.6 is 34.8 Å². The molecule has 2 aromatic carbocycles. The van der Waals surface area contributed by atoms with Crippen molar-refractivity contribution < 1.29 is 0 Å². The van der Waals surface area contributed by atoms with Crippen LogP contribution in [0.25, 0.3) is 22.2 Å². The zero-order chi connectivity index (χ0) is 20.5. The van der Waals surface area contributed by atoms with Gasteiger partial charge in [-0.1, -0.05) is 35.3 Å². The Morgan fingerprint density at radius 1 is 1.10 bits per heavy atom. The number of hydrogen-bond acceptors (Lipinski definition) is 5. The van der Waals surface area contributed by atoms with Crippen LogP contribution in [0.2, 0.25) is 10.0 Å². The quantitative estimate of drug-likeness (QED) is 0.442. The molecule has 0 aliphatic heterocycles. The van der Waals surface area contributed by atoms with Crippen molar-refractivity contribution in [2.45, 2.75) is 4.90 Å². The van der Waals surface area contributed by atoms with E-state index in [2.05, 4.69) is 15.3 Å². The first-order valence-corrected chi connectivity index (χ1v) is 10.2. The van der Waals surface area contributed by atoms with Crippen LogP contribution in [-0.2, 0) is 7.05 Å². The summed E-state index contributed by atoms with van der Waals surface area (Å²) in [6.45, 7) is 0. The molecule has 0 unspecified atom stereocenters. The van der Waals surface area contributed by atoms with Gasteiger partial charge in [0.05, 0.1) is 15.6 Å². The summed E-state index contributed by atoms with van der Waals surface area (Å²) in [6, 6.07) is 14.4. The number of hydrogen-bond donors (Lipinski definition) is 1. The third-order valence-electron chi connectivity index (χ3n) is 4.41. The van der Waals surface area contributed by atoms with E-state index in [0.717, 1.165) is 22.2 Å². The maximum Gasteiger partial charge on any atom is 0.259 e. The molecule has 0 spiro atoms. The molecular weight excluding hydrogens is 426 g/mol. The van der Waals surface area contributed by atoms with Gasteiger partial charge in [-0.15, -0.1) is 0 Å². The van der Waals surface area contributed by atoms with Crippen LogP contribution < -0.4 is 10.9 Å². The molecule has 0 fully saturated rings. The van der Waals surface area contributed by atoms with Crippen molar-refractivity contribution in [2.75, 3.05) is 5.32 Å². The van der Waals surface area contributed by atoms with Gasteiger partial charge in [0.1, 0.15) is 5.65 Å². The van der Waals surface area contributed by atoms with Crippen LogP contribution in [0, 0.1) is 0 Å². The Labute approximate surface area is 182 Å². The Kier molecular flexibility index (Phi) is 5.54. The molecule has 0 saturated heterocycles. The van der Waals surface area contributed by atoms with Crippen LogP contribution in [0.1, 0.15) is 0 Å². The SMILES string of the molecule is [B]Sc1cccc(Nc2ncc3cc(-c4c(Cl)cccc4Cl)c(=O)n(C)c3n2)c1. The minimum absolute atomic E-state index is 0.251. The summed E-state index contributed by atoms with van der Waals surface area (Å²) in [5.41, 5.74) is 1.93. The number of anilines is 2. The topological polar surface area (TPSA) is 59.8 Å².